The molecule has 0 unspecified atom stereocenters. The van der Waals surface area contributed by atoms with E-state index in [9.17, 15) is 20.6 Å². The fourth-order valence-corrected chi connectivity index (χ4v) is 4.81. The summed E-state index contributed by atoms with van der Waals surface area (Å²) < 4.78 is 5.49. The molecule has 2 atom stereocenters. The fourth-order valence-electron chi connectivity index (χ4n) is 4.69. The lowest BCUT2D eigenvalue weighted by atomic mass is 9.58. The van der Waals surface area contributed by atoms with Crippen LogP contribution in [0.3, 0.4) is 0 Å². The Kier molecular flexibility index (Phi) is 6.28. The van der Waals surface area contributed by atoms with E-state index in [1.807, 2.05) is 30.3 Å². The Balaban J connectivity index is 1.73. The summed E-state index contributed by atoms with van der Waals surface area (Å²) in [6.45, 7) is 0.502. The van der Waals surface area contributed by atoms with E-state index in [2.05, 4.69) is 18.2 Å². The number of amides is 1. The van der Waals surface area contributed by atoms with Crippen molar-refractivity contribution in [3.8, 4) is 18.2 Å². The molecule has 0 bridgehead atoms. The van der Waals surface area contributed by atoms with Crippen molar-refractivity contribution >= 4 is 17.7 Å². The molecular weight excluding hydrogens is 450 g/mol. The van der Waals surface area contributed by atoms with Gasteiger partial charge in [0.15, 0.2) is 5.41 Å². The number of nitrogens with zero attached hydrogens (tertiary/aromatic N) is 4. The first-order valence-corrected chi connectivity index (χ1v) is 11.0. The Morgan fingerprint density at radius 3 is 2.41 bits per heavy atom. The van der Waals surface area contributed by atoms with E-state index in [0.29, 0.717) is 16.2 Å². The molecule has 0 radical (unpaired) electrons. The molecule has 4 rings (SSSR count). The Morgan fingerprint density at radius 2 is 1.79 bits per heavy atom. The topological polar surface area (TPSA) is 127 Å². The van der Waals surface area contributed by atoms with Crippen molar-refractivity contribution in [2.45, 2.75) is 12.5 Å². The summed E-state index contributed by atoms with van der Waals surface area (Å²) in [6.07, 6.45) is 1.24. The number of nitriles is 3. The van der Waals surface area contributed by atoms with Gasteiger partial charge in [-0.25, -0.2) is 4.79 Å². The van der Waals surface area contributed by atoms with Gasteiger partial charge in [-0.3, -0.25) is 0 Å². The second-order valence-electron chi connectivity index (χ2n) is 8.17. The minimum absolute atomic E-state index is 0.0671. The van der Waals surface area contributed by atoms with Gasteiger partial charge >= 0.3 is 6.09 Å². The summed E-state index contributed by atoms with van der Waals surface area (Å²) >= 11 is 6.06. The first-order valence-electron chi connectivity index (χ1n) is 10.6. The number of benzene rings is 2. The van der Waals surface area contributed by atoms with Gasteiger partial charge in [0.1, 0.15) is 12.7 Å². The molecule has 1 aliphatic heterocycles. The van der Waals surface area contributed by atoms with Crippen LogP contribution in [0.1, 0.15) is 17.0 Å². The monoisotopic (exact) mass is 469 g/mol. The van der Waals surface area contributed by atoms with Crippen LogP contribution in [-0.4, -0.2) is 24.1 Å². The highest BCUT2D eigenvalue weighted by atomic mass is 35.5. The molecule has 1 aliphatic carbocycles. The van der Waals surface area contributed by atoms with Crippen molar-refractivity contribution in [3.05, 3.63) is 93.7 Å². The van der Waals surface area contributed by atoms with Gasteiger partial charge in [-0.1, -0.05) is 60.1 Å². The summed E-state index contributed by atoms with van der Waals surface area (Å²) in [7, 11) is 0. The number of halogens is 1. The predicted octanol–water partition coefficient (Wildman–Crippen LogP) is 4.40. The number of allylic oxidation sites excluding steroid dienone is 2. The van der Waals surface area contributed by atoms with E-state index in [4.69, 9.17) is 22.1 Å². The van der Waals surface area contributed by atoms with E-state index < -0.39 is 23.3 Å². The minimum atomic E-state index is -1.78. The van der Waals surface area contributed by atoms with Crippen molar-refractivity contribution in [3.63, 3.8) is 0 Å². The highest BCUT2D eigenvalue weighted by Gasteiger charge is 2.54. The summed E-state index contributed by atoms with van der Waals surface area (Å²) in [5, 5.41) is 30.6. The number of rotatable bonds is 3. The van der Waals surface area contributed by atoms with E-state index in [0.717, 1.165) is 5.56 Å². The molecule has 2 aromatic rings. The van der Waals surface area contributed by atoms with Crippen LogP contribution in [0.4, 0.5) is 4.79 Å². The standard InChI is InChI=1S/C26H20ClN5O2/c27-19-8-6-18(7-9-19)23-22-13-32(25(33)34-14-17-4-2-1-3-5-17)11-10-20(22)21(12-28)24(31)26(23,15-29)16-30/h1-10,22-23H,11,13-14,31H2/t22-,23-/m0/s1. The molecule has 0 aromatic heterocycles. The molecule has 0 saturated carbocycles. The van der Waals surface area contributed by atoms with E-state index in [-0.39, 0.29) is 31.0 Å². The second kappa shape index (κ2) is 9.32. The smallest absolute Gasteiger partial charge is 0.410 e. The predicted molar refractivity (Wildman–Crippen MR) is 124 cm³/mol. The van der Waals surface area contributed by atoms with Crippen molar-refractivity contribution in [2.75, 3.05) is 13.1 Å². The molecule has 7 nitrogen and oxygen atoms in total. The quantitative estimate of drug-likeness (QED) is 0.709. The van der Waals surface area contributed by atoms with Gasteiger partial charge in [0.2, 0.25) is 0 Å². The number of hydrogen-bond acceptors (Lipinski definition) is 6. The van der Waals surface area contributed by atoms with Crippen LogP contribution in [0.5, 0.6) is 0 Å². The SMILES string of the molecule is N#CC1=C(N)C(C#N)(C#N)[C@@H](c2ccc(Cl)cc2)[C@H]2CN(C(=O)OCc3ccccc3)CC=C12. The number of carbonyl (C=O) groups is 1. The van der Waals surface area contributed by atoms with Gasteiger partial charge < -0.3 is 15.4 Å². The number of carbonyl (C=O) groups excluding carboxylic acids is 1. The fraction of sp³-hybridized carbons (Fsp3) is 0.231. The van der Waals surface area contributed by atoms with Crippen molar-refractivity contribution in [1.29, 1.82) is 15.8 Å². The Bertz CT molecular complexity index is 1280. The molecule has 1 amide bonds. The van der Waals surface area contributed by atoms with Gasteiger partial charge in [-0.15, -0.1) is 0 Å². The average Bonchev–Trinajstić information content (AvgIpc) is 2.88. The summed E-state index contributed by atoms with van der Waals surface area (Å²) in [6, 6.07) is 22.4. The Labute approximate surface area is 202 Å². The molecule has 0 fully saturated rings. The second-order valence-corrected chi connectivity index (χ2v) is 8.61. The van der Waals surface area contributed by atoms with Crippen LogP contribution in [0.15, 0.2) is 77.5 Å². The zero-order valence-corrected chi connectivity index (χ0v) is 18.9. The molecule has 2 aliphatic rings. The first-order chi connectivity index (χ1) is 16.4. The summed E-state index contributed by atoms with van der Waals surface area (Å²) in [5.74, 6) is -1.23. The van der Waals surface area contributed by atoms with Crippen molar-refractivity contribution in [1.82, 2.24) is 4.90 Å². The van der Waals surface area contributed by atoms with Crippen molar-refractivity contribution in [2.24, 2.45) is 17.1 Å². The average molecular weight is 470 g/mol. The van der Waals surface area contributed by atoms with E-state index >= 15 is 0 Å². The molecule has 2 N–H and O–H groups in total. The summed E-state index contributed by atoms with van der Waals surface area (Å²) in [4.78, 5) is 14.4. The number of fused-ring (bicyclic) bond motifs is 1. The molecule has 8 heteroatoms. The molecule has 0 saturated heterocycles. The normalized spacial score (nSPS) is 20.8. The van der Waals surface area contributed by atoms with Crippen LogP contribution >= 0.6 is 11.6 Å². The molecule has 1 heterocycles. The third kappa shape index (κ3) is 3.86. The summed E-state index contributed by atoms with van der Waals surface area (Å²) in [5.41, 5.74) is 6.73. The van der Waals surface area contributed by atoms with Gasteiger partial charge in [0, 0.05) is 29.9 Å². The van der Waals surface area contributed by atoms with Gasteiger partial charge in [-0.05, 0) is 28.8 Å². The molecule has 168 valence electrons. The third-order valence-electron chi connectivity index (χ3n) is 6.36. The maximum absolute atomic E-state index is 12.9. The van der Waals surface area contributed by atoms with E-state index in [1.54, 1.807) is 30.3 Å². The van der Waals surface area contributed by atoms with E-state index in [1.165, 1.54) is 4.90 Å². The maximum Gasteiger partial charge on any atom is 0.410 e. The highest BCUT2D eigenvalue weighted by molar-refractivity contribution is 6.30. The van der Waals surface area contributed by atoms with Crippen LogP contribution in [-0.2, 0) is 11.3 Å². The highest BCUT2D eigenvalue weighted by Crippen LogP contribution is 2.54. The maximum atomic E-state index is 12.9. The lowest BCUT2D eigenvalue weighted by Gasteiger charge is -2.45. The zero-order valence-electron chi connectivity index (χ0n) is 18.1. The number of hydrogen-bond donors (Lipinski definition) is 1. The van der Waals surface area contributed by atoms with Crippen LogP contribution in [0, 0.1) is 45.3 Å². The zero-order chi connectivity index (χ0) is 24.3. The number of ether oxygens (including phenoxy) is 1. The molecule has 34 heavy (non-hydrogen) atoms. The lowest BCUT2D eigenvalue weighted by molar-refractivity contribution is 0.0898. The molecule has 0 spiro atoms. The van der Waals surface area contributed by atoms with Gasteiger partial charge in [-0.2, -0.15) is 15.8 Å². The van der Waals surface area contributed by atoms with Crippen LogP contribution in [0.2, 0.25) is 5.02 Å². The van der Waals surface area contributed by atoms with Crippen molar-refractivity contribution < 1.29 is 9.53 Å². The van der Waals surface area contributed by atoms with Gasteiger partial charge in [0.05, 0.1) is 23.4 Å². The molecular formula is C26H20ClN5O2. The molecule has 2 aromatic carbocycles. The number of nitrogens with two attached hydrogens (primary N) is 1. The van der Waals surface area contributed by atoms with Gasteiger partial charge in [0.25, 0.3) is 0 Å². The minimum Gasteiger partial charge on any atom is -0.445 e. The lowest BCUT2D eigenvalue weighted by Crippen LogP contribution is -2.49. The Morgan fingerprint density at radius 1 is 1.12 bits per heavy atom. The van der Waals surface area contributed by atoms with Crippen LogP contribution < -0.4 is 5.73 Å². The first kappa shape index (κ1) is 22.9. The third-order valence-corrected chi connectivity index (χ3v) is 6.61. The largest absolute Gasteiger partial charge is 0.445 e. The van der Waals surface area contributed by atoms with Crippen LogP contribution in [0.25, 0.3) is 0 Å². The Hall–Kier alpha value is -4.25.